The molecule has 1 fully saturated rings. The number of β-amino-alcohol motifs (C(OH)–C–C–N with tert-alkyl or cyclic N) is 1. The van der Waals surface area contributed by atoms with E-state index < -0.39 is 37.5 Å². The number of amides is 1. The first kappa shape index (κ1) is 27.4. The molecule has 0 saturated carbocycles. The molecule has 1 aromatic rings. The Balaban J connectivity index is 1.88. The van der Waals surface area contributed by atoms with E-state index in [2.05, 4.69) is 4.74 Å². The van der Waals surface area contributed by atoms with Gasteiger partial charge in [-0.2, -0.15) is 8.78 Å². The number of hydrogen-bond acceptors (Lipinski definition) is 5. The summed E-state index contributed by atoms with van der Waals surface area (Å²) < 4.78 is 73.6. The summed E-state index contributed by atoms with van der Waals surface area (Å²) >= 11 is 0. The Morgan fingerprint density at radius 1 is 1.30 bits per heavy atom. The fraction of sp³-hybridized carbons (Fsp3) is 0.682. The molecule has 6 nitrogen and oxygen atoms in total. The van der Waals surface area contributed by atoms with E-state index in [1.807, 2.05) is 18.7 Å². The average Bonchev–Trinajstić information content (AvgIpc) is 2.73. The second kappa shape index (κ2) is 12.6. The first-order valence-electron chi connectivity index (χ1n) is 10.8. The van der Waals surface area contributed by atoms with Gasteiger partial charge < -0.3 is 19.5 Å². The van der Waals surface area contributed by atoms with Crippen molar-refractivity contribution in [3.63, 3.8) is 0 Å². The normalized spacial score (nSPS) is 18.7. The van der Waals surface area contributed by atoms with Crippen LogP contribution in [0.5, 0.6) is 0 Å². The summed E-state index contributed by atoms with van der Waals surface area (Å²) in [6.07, 6.45) is -5.34. The maximum atomic E-state index is 13.2. The summed E-state index contributed by atoms with van der Waals surface area (Å²) in [6.45, 7) is 3.95. The number of carbonyl (C=O) groups excluding carboxylic acids is 1. The zero-order valence-electron chi connectivity index (χ0n) is 18.7. The molecule has 1 heterocycles. The molecule has 2 atom stereocenters. The van der Waals surface area contributed by atoms with Gasteiger partial charge in [0.1, 0.15) is 12.4 Å². The lowest BCUT2D eigenvalue weighted by atomic mass is 10.1. The number of aliphatic hydroxyl groups excluding tert-OH is 1. The number of carbonyl (C=O) groups is 1. The highest BCUT2D eigenvalue weighted by molar-refractivity contribution is 5.94. The highest BCUT2D eigenvalue weighted by atomic mass is 19.3. The lowest BCUT2D eigenvalue weighted by Crippen LogP contribution is -2.51. The lowest BCUT2D eigenvalue weighted by molar-refractivity contribution is -0.171. The summed E-state index contributed by atoms with van der Waals surface area (Å²) in [6, 6.07) is 5.29. The molecule has 0 spiro atoms. The van der Waals surface area contributed by atoms with Crippen molar-refractivity contribution in [2.24, 2.45) is 5.92 Å². The topological polar surface area (TPSA) is 62.2 Å². The largest absolute Gasteiger partial charge is 0.389 e. The van der Waals surface area contributed by atoms with Crippen LogP contribution in [-0.2, 0) is 9.47 Å². The minimum Gasteiger partial charge on any atom is -0.389 e. The molecule has 1 aliphatic rings. The summed E-state index contributed by atoms with van der Waals surface area (Å²) in [5.74, 6) is -4.77. The number of ether oxygens (including phenoxy) is 2. The Morgan fingerprint density at radius 3 is 2.58 bits per heavy atom. The van der Waals surface area contributed by atoms with Gasteiger partial charge in [-0.1, -0.05) is 13.8 Å². The van der Waals surface area contributed by atoms with E-state index in [0.717, 1.165) is 0 Å². The highest BCUT2D eigenvalue weighted by Gasteiger charge is 2.41. The van der Waals surface area contributed by atoms with E-state index in [0.29, 0.717) is 31.8 Å². The predicted octanol–water partition coefficient (Wildman–Crippen LogP) is 2.90. The Labute approximate surface area is 190 Å². The van der Waals surface area contributed by atoms with Crippen molar-refractivity contribution >= 4 is 5.91 Å². The lowest BCUT2D eigenvalue weighted by Gasteiger charge is -2.37. The number of rotatable bonds is 12. The molecule has 1 saturated heterocycles. The number of morpholine rings is 1. The number of hydrogen-bond donors (Lipinski definition) is 1. The molecule has 1 aromatic carbocycles. The van der Waals surface area contributed by atoms with Gasteiger partial charge in [0.25, 0.3) is 5.91 Å². The third kappa shape index (κ3) is 9.15. The van der Waals surface area contributed by atoms with Crippen LogP contribution < -0.4 is 0 Å². The molecular weight excluding hydrogens is 451 g/mol. The van der Waals surface area contributed by atoms with Crippen molar-refractivity contribution in [2.75, 3.05) is 52.5 Å². The van der Waals surface area contributed by atoms with Crippen molar-refractivity contribution < 1.29 is 41.3 Å². The molecule has 0 unspecified atom stereocenters. The maximum Gasteiger partial charge on any atom is 0.330 e. The van der Waals surface area contributed by atoms with Gasteiger partial charge in [-0.25, -0.2) is 13.2 Å². The molecule has 11 heteroatoms. The van der Waals surface area contributed by atoms with Crippen LogP contribution in [0.4, 0.5) is 22.0 Å². The van der Waals surface area contributed by atoms with E-state index in [-0.39, 0.29) is 31.0 Å². The van der Waals surface area contributed by atoms with Crippen LogP contribution >= 0.6 is 0 Å². The van der Waals surface area contributed by atoms with Crippen LogP contribution in [0.2, 0.25) is 0 Å². The molecule has 188 valence electrons. The zero-order valence-corrected chi connectivity index (χ0v) is 18.7. The number of aliphatic hydroxyl groups is 1. The van der Waals surface area contributed by atoms with Crippen molar-refractivity contribution in [1.82, 2.24) is 9.80 Å². The van der Waals surface area contributed by atoms with Gasteiger partial charge >= 0.3 is 12.3 Å². The second-order valence-electron chi connectivity index (χ2n) is 8.59. The molecule has 0 aliphatic carbocycles. The molecule has 33 heavy (non-hydrogen) atoms. The third-order valence-electron chi connectivity index (χ3n) is 5.00. The number of benzene rings is 1. The van der Waals surface area contributed by atoms with Crippen LogP contribution in [0.3, 0.4) is 0 Å². The summed E-state index contributed by atoms with van der Waals surface area (Å²) in [5.41, 5.74) is 0.359. The monoisotopic (exact) mass is 482 g/mol. The van der Waals surface area contributed by atoms with Crippen LogP contribution in [-0.4, -0.2) is 97.9 Å². The van der Waals surface area contributed by atoms with E-state index in [4.69, 9.17) is 4.74 Å². The van der Waals surface area contributed by atoms with Gasteiger partial charge in [-0.05, 0) is 30.2 Å². The van der Waals surface area contributed by atoms with Crippen LogP contribution in [0.1, 0.15) is 24.2 Å². The first-order valence-corrected chi connectivity index (χ1v) is 10.8. The smallest absolute Gasteiger partial charge is 0.330 e. The van der Waals surface area contributed by atoms with Gasteiger partial charge in [-0.3, -0.25) is 9.69 Å². The Hall–Kier alpha value is -1.82. The van der Waals surface area contributed by atoms with Gasteiger partial charge in [0.15, 0.2) is 0 Å². The summed E-state index contributed by atoms with van der Waals surface area (Å²) in [4.78, 5) is 16.4. The van der Waals surface area contributed by atoms with Gasteiger partial charge in [0.2, 0.25) is 0 Å². The van der Waals surface area contributed by atoms with Crippen LogP contribution in [0.15, 0.2) is 24.3 Å². The SMILES string of the molecule is CC(C)CN(C[C@H]1CN(C[C@H](O)COCC(F)(F)C(F)F)CCO1)C(=O)c1ccc(F)cc1. The molecule has 2 rings (SSSR count). The average molecular weight is 482 g/mol. The second-order valence-corrected chi connectivity index (χ2v) is 8.59. The minimum absolute atomic E-state index is 0.0796. The van der Waals surface area contributed by atoms with Crippen molar-refractivity contribution in [3.05, 3.63) is 35.6 Å². The van der Waals surface area contributed by atoms with Gasteiger partial charge in [0, 0.05) is 38.3 Å². The van der Waals surface area contributed by atoms with Crippen LogP contribution in [0, 0.1) is 11.7 Å². The molecule has 1 N–H and O–H groups in total. The van der Waals surface area contributed by atoms with E-state index >= 15 is 0 Å². The maximum absolute atomic E-state index is 13.2. The minimum atomic E-state index is -4.26. The molecule has 0 bridgehead atoms. The van der Waals surface area contributed by atoms with Crippen molar-refractivity contribution in [3.8, 4) is 0 Å². The third-order valence-corrected chi connectivity index (χ3v) is 5.00. The Morgan fingerprint density at radius 2 is 1.97 bits per heavy atom. The standard InChI is InChI=1S/C22H31F5N2O4/c1-15(2)9-29(20(31)16-3-5-17(23)6-4-16)12-19-11-28(7-8-33-19)10-18(30)13-32-14-22(26,27)21(24)25/h3-6,15,18-19,21,30H,7-14H2,1-2H3/t18-,19+/m0/s1. The summed E-state index contributed by atoms with van der Waals surface area (Å²) in [5, 5.41) is 10.0. The Bertz CT molecular complexity index is 736. The van der Waals surface area contributed by atoms with Gasteiger partial charge in [-0.15, -0.1) is 0 Å². The molecule has 1 aliphatic heterocycles. The first-order chi connectivity index (χ1) is 15.5. The van der Waals surface area contributed by atoms with Crippen LogP contribution in [0.25, 0.3) is 0 Å². The van der Waals surface area contributed by atoms with Crippen molar-refractivity contribution in [2.45, 2.75) is 38.4 Å². The summed E-state index contributed by atoms with van der Waals surface area (Å²) in [7, 11) is 0. The predicted molar refractivity (Wildman–Crippen MR) is 111 cm³/mol. The highest BCUT2D eigenvalue weighted by Crippen LogP contribution is 2.23. The number of nitrogens with zero attached hydrogens (tertiary/aromatic N) is 2. The fourth-order valence-corrected chi connectivity index (χ4v) is 3.50. The van der Waals surface area contributed by atoms with Gasteiger partial charge in [0.05, 0.1) is 25.4 Å². The fourth-order valence-electron chi connectivity index (χ4n) is 3.50. The number of alkyl halides is 4. The molecule has 1 amide bonds. The van der Waals surface area contributed by atoms with E-state index in [1.54, 1.807) is 4.90 Å². The molecule has 0 radical (unpaired) electrons. The number of halogens is 5. The Kier molecular flexibility index (Phi) is 10.5. The molecule has 0 aromatic heterocycles. The zero-order chi connectivity index (χ0) is 24.6. The van der Waals surface area contributed by atoms with E-state index in [9.17, 15) is 31.9 Å². The quantitative estimate of drug-likeness (QED) is 0.465. The van der Waals surface area contributed by atoms with E-state index in [1.165, 1.54) is 24.3 Å². The van der Waals surface area contributed by atoms with Crippen molar-refractivity contribution in [1.29, 1.82) is 0 Å². The molecular formula is C22H31F5N2O4.